The first-order valence-corrected chi connectivity index (χ1v) is 9.74. The van der Waals surface area contributed by atoms with Crippen molar-refractivity contribution in [2.24, 2.45) is 34.0 Å². The number of hydrogen-bond donors (Lipinski definition) is 4. The van der Waals surface area contributed by atoms with E-state index in [1.807, 2.05) is 13.8 Å². The first kappa shape index (κ1) is 17.3. The molecule has 6 rings (SSSR count). The topological polar surface area (TPSA) is 107 Å². The molecule has 6 fully saturated rings. The van der Waals surface area contributed by atoms with Crippen LogP contribution in [0.5, 0.6) is 0 Å². The van der Waals surface area contributed by atoms with Crippen LogP contribution in [0.1, 0.15) is 39.5 Å². The molecule has 0 radical (unpaired) electrons. The highest BCUT2D eigenvalue weighted by atomic mass is 16.6. The van der Waals surface area contributed by atoms with Crippen molar-refractivity contribution in [1.82, 2.24) is 0 Å². The van der Waals surface area contributed by atoms with E-state index < -0.39 is 52.9 Å². The summed E-state index contributed by atoms with van der Waals surface area (Å²) in [4.78, 5) is 13.3. The Labute approximate surface area is 152 Å². The Morgan fingerprint density at radius 1 is 1.12 bits per heavy atom. The van der Waals surface area contributed by atoms with Gasteiger partial charge < -0.3 is 25.2 Å². The first-order chi connectivity index (χ1) is 12.1. The minimum Gasteiger partial charge on any atom is -0.393 e. The van der Waals surface area contributed by atoms with Crippen LogP contribution in [0.2, 0.25) is 0 Å². The van der Waals surface area contributed by atoms with Gasteiger partial charge in [0.15, 0.2) is 12.1 Å². The van der Waals surface area contributed by atoms with Crippen LogP contribution in [-0.4, -0.2) is 56.9 Å². The van der Waals surface area contributed by atoms with E-state index in [9.17, 15) is 25.2 Å². The predicted octanol–water partition coefficient (Wildman–Crippen LogP) is 0.374. The van der Waals surface area contributed by atoms with Crippen LogP contribution >= 0.6 is 0 Å². The summed E-state index contributed by atoms with van der Waals surface area (Å²) in [6.07, 6.45) is -2.32. The molecular weight excluding hydrogens is 336 g/mol. The number of fused-ring (bicyclic) bond motifs is 2. The fraction of sp³-hybridized carbons (Fsp3) is 0.850. The molecule has 0 aromatic rings. The van der Waals surface area contributed by atoms with E-state index in [4.69, 9.17) is 4.74 Å². The lowest BCUT2D eigenvalue weighted by Gasteiger charge is -2.73. The maximum Gasteiger partial charge on any atom is 0.170 e. The van der Waals surface area contributed by atoms with E-state index in [0.717, 1.165) is 0 Å². The second-order valence-electron chi connectivity index (χ2n) is 9.83. The number of aliphatic hydroxyl groups is 4. The third kappa shape index (κ3) is 1.47. The van der Waals surface area contributed by atoms with Crippen LogP contribution in [0.15, 0.2) is 12.2 Å². The number of ether oxygens (including phenoxy) is 1. The normalized spacial score (nSPS) is 59.9. The van der Waals surface area contributed by atoms with E-state index in [1.54, 1.807) is 0 Å². The molecule has 4 N–H and O–H groups in total. The van der Waals surface area contributed by atoms with Crippen LogP contribution in [0.25, 0.3) is 0 Å². The first-order valence-electron chi connectivity index (χ1n) is 9.74. The molecule has 2 heterocycles. The van der Waals surface area contributed by atoms with E-state index >= 15 is 0 Å². The summed E-state index contributed by atoms with van der Waals surface area (Å²) in [6, 6.07) is 0. The number of aliphatic hydroxyl groups excluding tert-OH is 4. The Hall–Kier alpha value is -0.790. The van der Waals surface area contributed by atoms with Crippen molar-refractivity contribution < 1.29 is 30.0 Å². The third-order valence-electron chi connectivity index (χ3n) is 8.94. The number of carbonyl (C=O) groups excluding carboxylic acids is 1. The van der Waals surface area contributed by atoms with Crippen LogP contribution in [0.4, 0.5) is 0 Å². The summed E-state index contributed by atoms with van der Waals surface area (Å²) in [5, 5.41) is 44.0. The van der Waals surface area contributed by atoms with E-state index in [0.29, 0.717) is 31.3 Å². The maximum atomic E-state index is 13.3. The van der Waals surface area contributed by atoms with Crippen molar-refractivity contribution in [2.45, 2.75) is 70.2 Å². The molecule has 2 aliphatic heterocycles. The largest absolute Gasteiger partial charge is 0.393 e. The minimum absolute atomic E-state index is 0.199. The van der Waals surface area contributed by atoms with Gasteiger partial charge in [0.1, 0.15) is 6.10 Å². The highest BCUT2D eigenvalue weighted by molar-refractivity contribution is 6.04. The lowest BCUT2D eigenvalue weighted by molar-refractivity contribution is -0.414. The van der Waals surface area contributed by atoms with Gasteiger partial charge in [-0.1, -0.05) is 20.4 Å². The number of hydrogen-bond acceptors (Lipinski definition) is 6. The van der Waals surface area contributed by atoms with Gasteiger partial charge >= 0.3 is 0 Å². The lowest BCUT2D eigenvalue weighted by Crippen LogP contribution is -2.81. The molecule has 6 heteroatoms. The van der Waals surface area contributed by atoms with E-state index in [-0.39, 0.29) is 17.6 Å². The van der Waals surface area contributed by atoms with Gasteiger partial charge in [-0.15, -0.1) is 0 Å². The fourth-order valence-corrected chi connectivity index (χ4v) is 7.92. The molecule has 6 nitrogen and oxygen atoms in total. The monoisotopic (exact) mass is 364 g/mol. The highest BCUT2D eigenvalue weighted by Crippen LogP contribution is 2.75. The van der Waals surface area contributed by atoms with Crippen LogP contribution in [0, 0.1) is 34.0 Å². The summed E-state index contributed by atoms with van der Waals surface area (Å²) in [5.74, 6) is -1.16. The highest BCUT2D eigenvalue weighted by Gasteiger charge is 2.82. The van der Waals surface area contributed by atoms with Gasteiger partial charge in [-0.05, 0) is 42.6 Å². The fourth-order valence-electron chi connectivity index (χ4n) is 7.92. The van der Waals surface area contributed by atoms with Gasteiger partial charge in [0, 0.05) is 17.3 Å². The van der Waals surface area contributed by atoms with Crippen LogP contribution < -0.4 is 0 Å². The molecule has 4 saturated carbocycles. The van der Waals surface area contributed by atoms with Gasteiger partial charge in [0.05, 0.1) is 23.7 Å². The van der Waals surface area contributed by atoms with Crippen molar-refractivity contribution in [3.63, 3.8) is 0 Å². The summed E-state index contributed by atoms with van der Waals surface area (Å²) >= 11 is 0. The van der Waals surface area contributed by atoms with Gasteiger partial charge in [0.25, 0.3) is 0 Å². The molecule has 2 spiro atoms. The Kier molecular flexibility index (Phi) is 3.19. The zero-order valence-electron chi connectivity index (χ0n) is 15.3. The Bertz CT molecular complexity index is 702. The molecule has 0 amide bonds. The smallest absolute Gasteiger partial charge is 0.170 e. The Morgan fingerprint density at radius 2 is 1.81 bits per heavy atom. The van der Waals surface area contributed by atoms with Gasteiger partial charge in [-0.2, -0.15) is 0 Å². The van der Waals surface area contributed by atoms with Crippen molar-refractivity contribution >= 4 is 5.78 Å². The van der Waals surface area contributed by atoms with Crippen molar-refractivity contribution in [3.05, 3.63) is 12.2 Å². The summed E-state index contributed by atoms with van der Waals surface area (Å²) in [6.45, 7) is 7.78. The second-order valence-corrected chi connectivity index (χ2v) is 9.83. The number of ketones is 1. The number of Topliss-reactive ketones (excluding diaryl/α,β-unsaturated/α-hetero) is 1. The molecule has 10 atom stereocenters. The standard InChI is InChI=1S/C20H28O6/c1-8-9-4-5-10-19-7-6-11(21)18(2,3)13(19)12(22)16(26-17(19)25)20(10,14(8)23)15(9)24/h9-13,15-17,21-22,24-25H,1,4-7H2,2-3H3/t9-,10-,11-,12-,13+,15+,16+,17+,19+,20-/m0/s1. The molecule has 0 aromatic carbocycles. The summed E-state index contributed by atoms with van der Waals surface area (Å²) in [5.41, 5.74) is -2.25. The molecule has 4 aliphatic carbocycles. The van der Waals surface area contributed by atoms with Crippen molar-refractivity contribution in [1.29, 1.82) is 0 Å². The molecule has 4 bridgehead atoms. The SMILES string of the molecule is C=C1C(=O)[C@]23[C@H](O)[C@H]1CC[C@H]2[C@]12CC[C@H](O)C(C)(C)[C@H]1[C@H](O)[C@H]3O[C@H]2O. The molecule has 0 aromatic heterocycles. The Balaban J connectivity index is 1.76. The van der Waals surface area contributed by atoms with Crippen LogP contribution in [-0.2, 0) is 9.53 Å². The summed E-state index contributed by atoms with van der Waals surface area (Å²) < 4.78 is 5.87. The Morgan fingerprint density at radius 3 is 2.50 bits per heavy atom. The average Bonchev–Trinajstić information content (AvgIpc) is 2.68. The third-order valence-corrected chi connectivity index (χ3v) is 8.94. The summed E-state index contributed by atoms with van der Waals surface area (Å²) in [7, 11) is 0. The van der Waals surface area contributed by atoms with Crippen LogP contribution in [0.3, 0.4) is 0 Å². The molecule has 0 unspecified atom stereocenters. The zero-order valence-corrected chi connectivity index (χ0v) is 15.3. The molecule has 2 saturated heterocycles. The second kappa shape index (κ2) is 4.78. The average molecular weight is 364 g/mol. The molecular formula is C20H28O6. The van der Waals surface area contributed by atoms with Crippen molar-refractivity contribution in [3.8, 4) is 0 Å². The maximum absolute atomic E-state index is 13.3. The van der Waals surface area contributed by atoms with E-state index in [1.165, 1.54) is 0 Å². The molecule has 144 valence electrons. The molecule has 6 aliphatic rings. The van der Waals surface area contributed by atoms with Gasteiger partial charge in [-0.3, -0.25) is 4.79 Å². The van der Waals surface area contributed by atoms with Gasteiger partial charge in [-0.25, -0.2) is 0 Å². The lowest BCUT2D eigenvalue weighted by atomic mass is 9.36. The number of carbonyl (C=O) groups is 1. The van der Waals surface area contributed by atoms with E-state index in [2.05, 4.69) is 6.58 Å². The van der Waals surface area contributed by atoms with Crippen molar-refractivity contribution in [2.75, 3.05) is 0 Å². The quantitative estimate of drug-likeness (QED) is 0.463. The predicted molar refractivity (Wildman–Crippen MR) is 90.6 cm³/mol. The van der Waals surface area contributed by atoms with Gasteiger partial charge in [0.2, 0.25) is 0 Å². The zero-order chi connectivity index (χ0) is 18.8. The minimum atomic E-state index is -1.21. The molecule has 26 heavy (non-hydrogen) atoms. The number of rotatable bonds is 0.